The summed E-state index contributed by atoms with van der Waals surface area (Å²) in [5.74, 6) is -1.27. The van der Waals surface area contributed by atoms with Crippen molar-refractivity contribution in [2.45, 2.75) is 19.4 Å². The van der Waals surface area contributed by atoms with E-state index >= 15 is 0 Å². The van der Waals surface area contributed by atoms with E-state index in [-0.39, 0.29) is 42.6 Å². The molecule has 0 spiro atoms. The maximum absolute atomic E-state index is 13.7. The lowest BCUT2D eigenvalue weighted by atomic mass is 10.2. The fraction of sp³-hybridized carbons (Fsp3) is 0.158. The molecule has 0 atom stereocenters. The van der Waals surface area contributed by atoms with Crippen molar-refractivity contribution in [2.24, 2.45) is 0 Å². The highest BCUT2D eigenvalue weighted by atomic mass is 19.1. The molecule has 134 valence electrons. The Balaban J connectivity index is 1.47. The molecule has 0 fully saturated rings. The Morgan fingerprint density at radius 3 is 2.73 bits per heavy atom. The summed E-state index contributed by atoms with van der Waals surface area (Å²) in [4.78, 5) is 20.9. The zero-order valence-corrected chi connectivity index (χ0v) is 13.7. The molecule has 26 heavy (non-hydrogen) atoms. The summed E-state index contributed by atoms with van der Waals surface area (Å²) in [5, 5.41) is 0. The second kappa shape index (κ2) is 8.35. The highest BCUT2D eigenvalue weighted by Gasteiger charge is 2.13. The molecule has 1 heterocycles. The molecule has 0 saturated carbocycles. The van der Waals surface area contributed by atoms with Gasteiger partial charge in [-0.2, -0.15) is 0 Å². The monoisotopic (exact) mass is 358 g/mol. The topological polar surface area (TPSA) is 64.4 Å². The molecule has 1 amide bonds. The molecule has 3 aromatic rings. The Kier molecular flexibility index (Phi) is 5.70. The van der Waals surface area contributed by atoms with Crippen molar-refractivity contribution < 1.29 is 22.8 Å². The number of amides is 1. The van der Waals surface area contributed by atoms with Crippen LogP contribution in [0.2, 0.25) is 0 Å². The smallest absolute Gasteiger partial charge is 0.244 e. The lowest BCUT2D eigenvalue weighted by Crippen LogP contribution is -2.23. The zero-order valence-electron chi connectivity index (χ0n) is 13.7. The second-order valence-corrected chi connectivity index (χ2v) is 5.54. The van der Waals surface area contributed by atoms with Crippen LogP contribution in [0, 0.1) is 11.6 Å². The van der Waals surface area contributed by atoms with Crippen LogP contribution in [-0.2, 0) is 22.7 Å². The van der Waals surface area contributed by atoms with Gasteiger partial charge in [0.25, 0.3) is 0 Å². The van der Waals surface area contributed by atoms with E-state index in [1.807, 2.05) is 30.3 Å². The second-order valence-electron chi connectivity index (χ2n) is 5.54. The fourth-order valence-electron chi connectivity index (χ4n) is 2.29. The van der Waals surface area contributed by atoms with Crippen LogP contribution in [0.4, 0.5) is 8.78 Å². The lowest BCUT2D eigenvalue weighted by molar-refractivity contribution is -0.134. The highest BCUT2D eigenvalue weighted by Crippen LogP contribution is 2.24. The number of aryl methyl sites for hydroxylation is 1. The summed E-state index contributed by atoms with van der Waals surface area (Å²) in [6.07, 6.45) is 1.67. The summed E-state index contributed by atoms with van der Waals surface area (Å²) < 4.78 is 32.1. The molecule has 0 radical (unpaired) electrons. The molecule has 5 nitrogen and oxygen atoms in total. The first kappa shape index (κ1) is 17.8. The maximum atomic E-state index is 13.7. The zero-order chi connectivity index (χ0) is 18.4. The van der Waals surface area contributed by atoms with Crippen LogP contribution < -0.4 is 5.48 Å². The third-order valence-corrected chi connectivity index (χ3v) is 3.58. The molecule has 0 saturated heterocycles. The maximum Gasteiger partial charge on any atom is 0.244 e. The van der Waals surface area contributed by atoms with Crippen LogP contribution in [-0.4, -0.2) is 10.9 Å². The Hall–Kier alpha value is -3.06. The van der Waals surface area contributed by atoms with Crippen LogP contribution in [0.15, 0.2) is 59.1 Å². The first-order valence-electron chi connectivity index (χ1n) is 7.96. The molecule has 1 N–H and O–H groups in total. The van der Waals surface area contributed by atoms with Gasteiger partial charge >= 0.3 is 0 Å². The molecule has 0 bridgehead atoms. The number of rotatable bonds is 7. The fourth-order valence-corrected chi connectivity index (χ4v) is 2.29. The number of benzene rings is 2. The van der Waals surface area contributed by atoms with Crippen molar-refractivity contribution in [1.82, 2.24) is 10.5 Å². The molecule has 0 aliphatic heterocycles. The number of halogens is 2. The molecular weight excluding hydrogens is 342 g/mol. The van der Waals surface area contributed by atoms with Crippen LogP contribution in [0.1, 0.15) is 17.9 Å². The number of aromatic nitrogens is 1. The van der Waals surface area contributed by atoms with E-state index in [2.05, 4.69) is 10.5 Å². The molecule has 0 unspecified atom stereocenters. The van der Waals surface area contributed by atoms with Gasteiger partial charge in [-0.3, -0.25) is 9.63 Å². The number of carbonyl (C=O) groups excluding carboxylic acids is 1. The Morgan fingerprint density at radius 1 is 1.15 bits per heavy atom. The van der Waals surface area contributed by atoms with Crippen LogP contribution in [0.5, 0.6) is 0 Å². The summed E-state index contributed by atoms with van der Waals surface area (Å²) >= 11 is 0. The number of oxazole rings is 1. The number of hydrogen-bond acceptors (Lipinski definition) is 4. The van der Waals surface area contributed by atoms with Gasteiger partial charge in [0.15, 0.2) is 11.7 Å². The first-order valence-corrected chi connectivity index (χ1v) is 7.96. The normalized spacial score (nSPS) is 10.7. The molecule has 7 heteroatoms. The van der Waals surface area contributed by atoms with Crippen LogP contribution >= 0.6 is 0 Å². The summed E-state index contributed by atoms with van der Waals surface area (Å²) in [6, 6.07) is 12.6. The minimum atomic E-state index is -0.736. The van der Waals surface area contributed by atoms with Crippen LogP contribution in [0.3, 0.4) is 0 Å². The largest absolute Gasteiger partial charge is 0.441 e. The summed E-state index contributed by atoms with van der Waals surface area (Å²) in [7, 11) is 0. The van der Waals surface area contributed by atoms with Gasteiger partial charge in [-0.05, 0) is 17.7 Å². The highest BCUT2D eigenvalue weighted by molar-refractivity contribution is 5.74. The van der Waals surface area contributed by atoms with Gasteiger partial charge in [0.2, 0.25) is 5.91 Å². The van der Waals surface area contributed by atoms with Crippen molar-refractivity contribution in [1.29, 1.82) is 0 Å². The van der Waals surface area contributed by atoms with Gasteiger partial charge in [0.1, 0.15) is 11.6 Å². The van der Waals surface area contributed by atoms with Crippen molar-refractivity contribution >= 4 is 5.91 Å². The average Bonchev–Trinajstić information content (AvgIpc) is 3.09. The molecule has 0 aliphatic rings. The van der Waals surface area contributed by atoms with Gasteiger partial charge in [-0.1, -0.05) is 30.3 Å². The third kappa shape index (κ3) is 4.73. The van der Waals surface area contributed by atoms with E-state index in [1.165, 1.54) is 12.3 Å². The van der Waals surface area contributed by atoms with E-state index in [0.29, 0.717) is 0 Å². The van der Waals surface area contributed by atoms with Crippen molar-refractivity contribution in [3.63, 3.8) is 0 Å². The number of hydroxylamine groups is 1. The Bertz CT molecular complexity index is 882. The lowest BCUT2D eigenvalue weighted by Gasteiger charge is -2.05. The number of hydrogen-bond donors (Lipinski definition) is 1. The number of nitrogens with zero attached hydrogens (tertiary/aromatic N) is 1. The number of carbonyl (C=O) groups is 1. The molecule has 0 aliphatic carbocycles. The molecule has 3 rings (SSSR count). The first-order chi connectivity index (χ1) is 12.6. The standard InChI is InChI=1S/C19H16F2N2O3/c20-14-6-7-15(16(21)10-14)17-11-22-19(26-17)9-8-18(24)23-25-12-13-4-2-1-3-5-13/h1-7,10-11H,8-9,12H2,(H,23,24). The van der Waals surface area contributed by atoms with Gasteiger partial charge in [-0.25, -0.2) is 19.2 Å². The van der Waals surface area contributed by atoms with Crippen molar-refractivity contribution in [3.05, 3.63) is 77.8 Å². The quantitative estimate of drug-likeness (QED) is 0.653. The van der Waals surface area contributed by atoms with Crippen molar-refractivity contribution in [3.8, 4) is 11.3 Å². The minimum Gasteiger partial charge on any atom is -0.441 e. The van der Waals surface area contributed by atoms with E-state index in [0.717, 1.165) is 17.7 Å². The summed E-state index contributed by atoms with van der Waals surface area (Å²) in [6.45, 7) is 0.263. The van der Waals surface area contributed by atoms with E-state index in [4.69, 9.17) is 9.25 Å². The Morgan fingerprint density at radius 2 is 1.96 bits per heavy atom. The van der Waals surface area contributed by atoms with Gasteiger partial charge in [0, 0.05) is 18.9 Å². The third-order valence-electron chi connectivity index (χ3n) is 3.58. The Labute approximate surface area is 148 Å². The predicted octanol–water partition coefficient (Wildman–Crippen LogP) is 3.80. The van der Waals surface area contributed by atoms with Crippen molar-refractivity contribution in [2.75, 3.05) is 0 Å². The minimum absolute atomic E-state index is 0.0979. The van der Waals surface area contributed by atoms with E-state index in [1.54, 1.807) is 0 Å². The molecule has 2 aromatic carbocycles. The van der Waals surface area contributed by atoms with Gasteiger partial charge in [0.05, 0.1) is 18.4 Å². The molecular formula is C19H16F2N2O3. The van der Waals surface area contributed by atoms with Crippen LogP contribution in [0.25, 0.3) is 11.3 Å². The van der Waals surface area contributed by atoms with Gasteiger partial charge in [-0.15, -0.1) is 0 Å². The predicted molar refractivity (Wildman–Crippen MR) is 89.5 cm³/mol. The average molecular weight is 358 g/mol. The van der Waals surface area contributed by atoms with E-state index < -0.39 is 11.6 Å². The summed E-state index contributed by atoms with van der Waals surface area (Å²) in [5.41, 5.74) is 3.39. The van der Waals surface area contributed by atoms with Gasteiger partial charge < -0.3 is 4.42 Å². The molecule has 1 aromatic heterocycles. The van der Waals surface area contributed by atoms with E-state index in [9.17, 15) is 13.6 Å². The SMILES string of the molecule is O=C(CCc1ncc(-c2ccc(F)cc2F)o1)NOCc1ccccc1. The number of nitrogens with one attached hydrogen (secondary N) is 1.